The average molecular weight is 314 g/mol. The Morgan fingerprint density at radius 1 is 1.33 bits per heavy atom. The molecule has 0 saturated heterocycles. The molecule has 7 heteroatoms. The fourth-order valence-corrected chi connectivity index (χ4v) is 2.02. The second kappa shape index (κ2) is 5.81. The maximum absolute atomic E-state index is 11.9. The number of carbonyl (C=O) groups excluding carboxylic acids is 2. The molecule has 1 aromatic rings. The molecule has 1 heterocycles. The summed E-state index contributed by atoms with van der Waals surface area (Å²) in [5.74, 6) is -0.241. The molecule has 1 aliphatic rings. The van der Waals surface area contributed by atoms with Crippen LogP contribution in [0.2, 0.25) is 5.02 Å². The predicted octanol–water partition coefficient (Wildman–Crippen LogP) is 2.14. The van der Waals surface area contributed by atoms with E-state index >= 15 is 0 Å². The zero-order valence-corrected chi connectivity index (χ0v) is 12.7. The van der Waals surface area contributed by atoms with Crippen LogP contribution in [-0.2, 0) is 9.53 Å². The Hall–Kier alpha value is -1.95. The van der Waals surface area contributed by atoms with Crippen molar-refractivity contribution in [2.75, 3.05) is 13.4 Å². The standard InChI is InChI=1S/C14H16ClNO5/c1-14(2,3)16-11(17)6-19-13(18)8-4-9(15)12-10(5-8)20-7-21-12/h4-5H,6-7H2,1-3H3,(H,16,17). The molecule has 0 saturated carbocycles. The summed E-state index contributed by atoms with van der Waals surface area (Å²) >= 11 is 5.98. The van der Waals surface area contributed by atoms with Crippen LogP contribution in [0.1, 0.15) is 31.1 Å². The normalized spacial score (nSPS) is 13.0. The zero-order chi connectivity index (χ0) is 15.6. The molecule has 6 nitrogen and oxygen atoms in total. The first kappa shape index (κ1) is 15.4. The van der Waals surface area contributed by atoms with Gasteiger partial charge in [-0.15, -0.1) is 0 Å². The molecule has 0 spiro atoms. The van der Waals surface area contributed by atoms with Gasteiger partial charge in [0, 0.05) is 5.54 Å². The first-order valence-corrected chi connectivity index (χ1v) is 6.71. The lowest BCUT2D eigenvalue weighted by Gasteiger charge is -2.20. The van der Waals surface area contributed by atoms with Crippen molar-refractivity contribution in [2.45, 2.75) is 26.3 Å². The minimum absolute atomic E-state index is 0.0571. The van der Waals surface area contributed by atoms with E-state index in [-0.39, 0.29) is 35.4 Å². The highest BCUT2D eigenvalue weighted by atomic mass is 35.5. The molecule has 0 atom stereocenters. The molecule has 0 radical (unpaired) electrons. The average Bonchev–Trinajstić information content (AvgIpc) is 2.82. The number of amides is 1. The van der Waals surface area contributed by atoms with Crippen LogP contribution in [0.5, 0.6) is 11.5 Å². The van der Waals surface area contributed by atoms with Gasteiger partial charge in [-0.2, -0.15) is 0 Å². The Kier molecular flexibility index (Phi) is 4.27. The van der Waals surface area contributed by atoms with Crippen molar-refractivity contribution in [3.8, 4) is 11.5 Å². The first-order valence-electron chi connectivity index (χ1n) is 6.33. The van der Waals surface area contributed by atoms with Crippen molar-refractivity contribution in [3.05, 3.63) is 22.7 Å². The number of hydrogen-bond donors (Lipinski definition) is 1. The fourth-order valence-electron chi connectivity index (χ4n) is 1.75. The molecule has 21 heavy (non-hydrogen) atoms. The number of hydrogen-bond acceptors (Lipinski definition) is 5. The lowest BCUT2D eigenvalue weighted by Crippen LogP contribution is -2.42. The van der Waals surface area contributed by atoms with Crippen LogP contribution >= 0.6 is 11.6 Å². The van der Waals surface area contributed by atoms with E-state index in [1.54, 1.807) is 0 Å². The summed E-state index contributed by atoms with van der Waals surface area (Å²) in [6, 6.07) is 2.89. The lowest BCUT2D eigenvalue weighted by atomic mass is 10.1. The van der Waals surface area contributed by atoms with Crippen molar-refractivity contribution < 1.29 is 23.8 Å². The molecule has 1 amide bonds. The van der Waals surface area contributed by atoms with E-state index in [1.165, 1.54) is 12.1 Å². The third kappa shape index (κ3) is 4.01. The van der Waals surface area contributed by atoms with Crippen LogP contribution in [-0.4, -0.2) is 30.8 Å². The third-order valence-electron chi connectivity index (χ3n) is 2.51. The van der Waals surface area contributed by atoms with Gasteiger partial charge in [-0.05, 0) is 32.9 Å². The van der Waals surface area contributed by atoms with Gasteiger partial charge in [-0.3, -0.25) is 4.79 Å². The van der Waals surface area contributed by atoms with Crippen molar-refractivity contribution in [1.29, 1.82) is 0 Å². The number of benzene rings is 1. The second-order valence-corrected chi connectivity index (χ2v) is 5.97. The highest BCUT2D eigenvalue weighted by molar-refractivity contribution is 6.32. The first-order chi connectivity index (χ1) is 9.76. The monoisotopic (exact) mass is 313 g/mol. The third-order valence-corrected chi connectivity index (χ3v) is 2.79. The maximum atomic E-state index is 11.9. The molecule has 2 rings (SSSR count). The van der Waals surface area contributed by atoms with Gasteiger partial charge >= 0.3 is 5.97 Å². The minimum atomic E-state index is -0.653. The Morgan fingerprint density at radius 3 is 2.71 bits per heavy atom. The maximum Gasteiger partial charge on any atom is 0.338 e. The largest absolute Gasteiger partial charge is 0.454 e. The number of fused-ring (bicyclic) bond motifs is 1. The van der Waals surface area contributed by atoms with E-state index in [0.717, 1.165) is 0 Å². The van der Waals surface area contributed by atoms with E-state index in [4.69, 9.17) is 25.8 Å². The second-order valence-electron chi connectivity index (χ2n) is 5.57. The molecule has 0 bridgehead atoms. The van der Waals surface area contributed by atoms with Gasteiger partial charge in [-0.1, -0.05) is 11.6 Å². The number of esters is 1. The van der Waals surface area contributed by atoms with Crippen molar-refractivity contribution >= 4 is 23.5 Å². The Bertz CT molecular complexity index is 579. The van der Waals surface area contributed by atoms with E-state index in [2.05, 4.69) is 5.32 Å². The smallest absolute Gasteiger partial charge is 0.338 e. The molecule has 1 aliphatic heterocycles. The molecule has 1 aromatic carbocycles. The summed E-state index contributed by atoms with van der Waals surface area (Å²) in [5, 5.41) is 2.95. The van der Waals surface area contributed by atoms with Crippen molar-refractivity contribution in [1.82, 2.24) is 5.32 Å². The topological polar surface area (TPSA) is 73.9 Å². The van der Waals surface area contributed by atoms with Crippen LogP contribution < -0.4 is 14.8 Å². The van der Waals surface area contributed by atoms with Gasteiger partial charge in [0.15, 0.2) is 18.1 Å². The molecular weight excluding hydrogens is 298 g/mol. The van der Waals surface area contributed by atoms with E-state index in [9.17, 15) is 9.59 Å². The summed E-state index contributed by atoms with van der Waals surface area (Å²) in [6.07, 6.45) is 0. The van der Waals surface area contributed by atoms with E-state index in [0.29, 0.717) is 11.5 Å². The van der Waals surface area contributed by atoms with Crippen LogP contribution in [0.4, 0.5) is 0 Å². The molecule has 0 fully saturated rings. The van der Waals surface area contributed by atoms with Crippen LogP contribution in [0.25, 0.3) is 0 Å². The summed E-state index contributed by atoms with van der Waals surface area (Å²) in [7, 11) is 0. The highest BCUT2D eigenvalue weighted by Gasteiger charge is 2.22. The highest BCUT2D eigenvalue weighted by Crippen LogP contribution is 2.39. The molecule has 0 unspecified atom stereocenters. The molecule has 0 aliphatic carbocycles. The molecule has 114 valence electrons. The fraction of sp³-hybridized carbons (Fsp3) is 0.429. The van der Waals surface area contributed by atoms with Gasteiger partial charge in [0.1, 0.15) is 0 Å². The number of carbonyl (C=O) groups is 2. The summed E-state index contributed by atoms with van der Waals surface area (Å²) in [6.45, 7) is 5.21. The molecule has 1 N–H and O–H groups in total. The number of halogens is 1. The van der Waals surface area contributed by atoms with Gasteiger partial charge in [0.05, 0.1) is 10.6 Å². The zero-order valence-electron chi connectivity index (χ0n) is 12.0. The van der Waals surface area contributed by atoms with Crippen molar-refractivity contribution in [2.24, 2.45) is 0 Å². The quantitative estimate of drug-likeness (QED) is 0.865. The predicted molar refractivity (Wildman–Crippen MR) is 75.8 cm³/mol. The number of rotatable bonds is 3. The minimum Gasteiger partial charge on any atom is -0.454 e. The lowest BCUT2D eigenvalue weighted by molar-refractivity contribution is -0.125. The SMILES string of the molecule is CC(C)(C)NC(=O)COC(=O)c1cc(Cl)c2c(c1)OCO2. The van der Waals surface area contributed by atoms with Crippen LogP contribution in [0, 0.1) is 0 Å². The number of nitrogens with one attached hydrogen (secondary N) is 1. The Labute approximate surface area is 127 Å². The summed E-state index contributed by atoms with van der Waals surface area (Å²) in [5.41, 5.74) is -0.182. The Balaban J connectivity index is 1.98. The van der Waals surface area contributed by atoms with Gasteiger partial charge in [-0.25, -0.2) is 4.79 Å². The van der Waals surface area contributed by atoms with Gasteiger partial charge < -0.3 is 19.5 Å². The Morgan fingerprint density at radius 2 is 2.05 bits per heavy atom. The van der Waals surface area contributed by atoms with Gasteiger partial charge in [0.2, 0.25) is 6.79 Å². The van der Waals surface area contributed by atoms with Crippen molar-refractivity contribution in [3.63, 3.8) is 0 Å². The van der Waals surface area contributed by atoms with E-state index < -0.39 is 5.97 Å². The van der Waals surface area contributed by atoms with Gasteiger partial charge in [0.25, 0.3) is 5.91 Å². The summed E-state index contributed by atoms with van der Waals surface area (Å²) < 4.78 is 15.3. The summed E-state index contributed by atoms with van der Waals surface area (Å²) in [4.78, 5) is 23.5. The van der Waals surface area contributed by atoms with E-state index in [1.807, 2.05) is 20.8 Å². The van der Waals surface area contributed by atoms with Crippen LogP contribution in [0.15, 0.2) is 12.1 Å². The van der Waals surface area contributed by atoms with Crippen LogP contribution in [0.3, 0.4) is 0 Å². The molecule has 0 aromatic heterocycles. The molecular formula is C14H16ClNO5. The number of ether oxygens (including phenoxy) is 3.